The molecule has 0 bridgehead atoms. The van der Waals surface area contributed by atoms with Gasteiger partial charge in [0.25, 0.3) is 0 Å². The zero-order valence-corrected chi connectivity index (χ0v) is 48.1. The fraction of sp³-hybridized carbons (Fsp3) is 0.943. The molecule has 3 heteroatoms. The largest absolute Gasteiger partial charge is 0.294 e. The summed E-state index contributed by atoms with van der Waals surface area (Å²) in [5.74, 6) is 7.67. The molecule has 0 unspecified atom stereocenters. The zero-order valence-electron chi connectivity index (χ0n) is 48.1. The third kappa shape index (κ3) is 14.6. The molecule has 0 aromatic heterocycles. The normalized spacial score (nSPS) is 39.5. The van der Waals surface area contributed by atoms with Crippen LogP contribution in [0.15, 0.2) is 24.3 Å². The molecule has 0 radical (unpaired) electrons. The molecule has 0 aromatic rings. The maximum Gasteiger partial charge on any atom is 0.0102 e. The van der Waals surface area contributed by atoms with Crippen LogP contribution in [0.25, 0.3) is 0 Å². The maximum absolute atomic E-state index is 3.32. The highest BCUT2D eigenvalue weighted by molar-refractivity contribution is 5.02. The summed E-state index contributed by atoms with van der Waals surface area (Å²) in [6, 6.07) is 8.07. The predicted octanol–water partition coefficient (Wildman–Crippen LogP) is 19.5. The lowest BCUT2D eigenvalue weighted by Crippen LogP contribution is -2.53. The Hall–Kier alpha value is -0.640. The van der Waals surface area contributed by atoms with Crippen molar-refractivity contribution in [3.05, 3.63) is 24.3 Å². The summed E-state index contributed by atoms with van der Waals surface area (Å²) in [4.78, 5) is 9.86. The van der Waals surface area contributed by atoms with Crippen LogP contribution in [0.5, 0.6) is 0 Å². The summed E-state index contributed by atoms with van der Waals surface area (Å²) < 4.78 is 0. The highest BCUT2D eigenvalue weighted by Gasteiger charge is 2.44. The van der Waals surface area contributed by atoms with Gasteiger partial charge in [0.1, 0.15) is 0 Å². The monoisotopic (exact) mass is 1000 g/mol. The van der Waals surface area contributed by atoms with Crippen LogP contribution < -0.4 is 0 Å². The van der Waals surface area contributed by atoms with Crippen molar-refractivity contribution in [2.45, 2.75) is 369 Å². The fourth-order valence-electron chi connectivity index (χ4n) is 20.8. The van der Waals surface area contributed by atoms with Gasteiger partial charge in [-0.1, -0.05) is 121 Å². The second-order valence-electron chi connectivity index (χ2n) is 29.2. The Morgan fingerprint density at radius 1 is 0.151 bits per heavy atom. The van der Waals surface area contributed by atoms with Crippen molar-refractivity contribution in [1.29, 1.82) is 0 Å². The molecule has 0 heterocycles. The van der Waals surface area contributed by atoms with Crippen LogP contribution >= 0.6 is 0 Å². The third-order valence-electron chi connectivity index (χ3n) is 24.9. The van der Waals surface area contributed by atoms with Crippen LogP contribution in [0.2, 0.25) is 0 Å². The van der Waals surface area contributed by atoms with Gasteiger partial charge in [0.2, 0.25) is 0 Å². The molecule has 0 atom stereocenters. The van der Waals surface area contributed by atoms with E-state index in [-0.39, 0.29) is 0 Å². The Kier molecular flexibility index (Phi) is 20.8. The van der Waals surface area contributed by atoms with E-state index in [9.17, 15) is 0 Å². The summed E-state index contributed by atoms with van der Waals surface area (Å²) in [5.41, 5.74) is 0. The first-order valence-corrected chi connectivity index (χ1v) is 34.9. The molecule has 0 amide bonds. The quantitative estimate of drug-likeness (QED) is 0.151. The molecule has 0 saturated heterocycles. The van der Waals surface area contributed by atoms with Crippen molar-refractivity contribution in [1.82, 2.24) is 14.7 Å². The van der Waals surface area contributed by atoms with E-state index in [2.05, 4.69) is 39.0 Å². The molecule has 0 spiro atoms. The maximum atomic E-state index is 3.32. The Morgan fingerprint density at radius 3 is 0.534 bits per heavy atom. The van der Waals surface area contributed by atoms with Crippen molar-refractivity contribution in [3.63, 3.8) is 0 Å². The smallest absolute Gasteiger partial charge is 0.0102 e. The number of allylic oxidation sites excluding steroid dienone is 4. The van der Waals surface area contributed by atoms with E-state index in [0.29, 0.717) is 0 Å². The van der Waals surface area contributed by atoms with Crippen molar-refractivity contribution in [3.8, 4) is 0 Å². The third-order valence-corrected chi connectivity index (χ3v) is 24.9. The molecule has 11 aliphatic rings. The standard InChI is InChI=1S/C70H119N3/c1-6-16-54(17-7-1)26-28-56-30-42-65(43-31-56)71(62-20-10-3-11-21-62)67-46-34-58(35-47-67)60-38-50-69(51-39-60)73(64-24-14-5-15-25-64)70-52-40-61(41-53-70)59-36-48-68(49-37-59)72(63-22-12-4-13-23-63)66-44-32-57(33-45-66)29-27-55-18-8-2-9-19-55/h26-29,54-70H,1-25,30-53H2. The Bertz CT molecular complexity index is 1460. The summed E-state index contributed by atoms with van der Waals surface area (Å²) in [6.07, 6.45) is 84.6. The SMILES string of the molecule is C(=CC1CCC(N(C2CCCCC2)C2CCC(C3CCC(N(C4CCCCC4)C4CCC(C5CCC(N(C6CCCCC6)C6CCC(C=CC7CCCCC7)CC6)CC5)CC4)CC3)CC2)CC1)C1CCCCC1. The van der Waals surface area contributed by atoms with Gasteiger partial charge in [0.15, 0.2) is 0 Å². The molecule has 414 valence electrons. The summed E-state index contributed by atoms with van der Waals surface area (Å²) in [5, 5.41) is 0. The van der Waals surface area contributed by atoms with E-state index in [4.69, 9.17) is 0 Å². The minimum absolute atomic E-state index is 0.872. The minimum Gasteiger partial charge on any atom is -0.294 e. The molecule has 3 nitrogen and oxygen atoms in total. The van der Waals surface area contributed by atoms with Gasteiger partial charge in [-0.2, -0.15) is 0 Å². The van der Waals surface area contributed by atoms with E-state index in [0.717, 1.165) is 102 Å². The molecule has 0 N–H and O–H groups in total. The first-order valence-electron chi connectivity index (χ1n) is 34.9. The number of rotatable bonds is 15. The van der Waals surface area contributed by atoms with Crippen LogP contribution in [-0.2, 0) is 0 Å². The first-order chi connectivity index (χ1) is 36.2. The van der Waals surface area contributed by atoms with Crippen molar-refractivity contribution < 1.29 is 0 Å². The summed E-state index contributed by atoms with van der Waals surface area (Å²) in [6.45, 7) is 0. The Morgan fingerprint density at radius 2 is 0.315 bits per heavy atom. The average molecular weight is 1000 g/mol. The van der Waals surface area contributed by atoms with Crippen LogP contribution in [0, 0.1) is 47.3 Å². The topological polar surface area (TPSA) is 9.72 Å². The number of hydrogen-bond donors (Lipinski definition) is 0. The first kappa shape index (κ1) is 54.3. The van der Waals surface area contributed by atoms with Gasteiger partial charge in [0, 0.05) is 54.4 Å². The molecule has 11 fully saturated rings. The molecule has 0 aromatic carbocycles. The Balaban J connectivity index is 0.641. The lowest BCUT2D eigenvalue weighted by Gasteiger charge is -2.51. The molecular weight excluding hydrogens is 883 g/mol. The molecular formula is C70H119N3. The van der Waals surface area contributed by atoms with E-state index in [1.165, 1.54) is 263 Å². The highest BCUT2D eigenvalue weighted by Crippen LogP contribution is 2.48. The van der Waals surface area contributed by atoms with Gasteiger partial charge in [-0.05, 0) is 266 Å². The van der Waals surface area contributed by atoms with Gasteiger partial charge in [-0.25, -0.2) is 0 Å². The van der Waals surface area contributed by atoms with E-state index in [1.54, 1.807) is 51.4 Å². The van der Waals surface area contributed by atoms with Crippen LogP contribution in [0.1, 0.15) is 315 Å². The second-order valence-corrected chi connectivity index (χ2v) is 29.2. The summed E-state index contributed by atoms with van der Waals surface area (Å²) >= 11 is 0. The van der Waals surface area contributed by atoms with Gasteiger partial charge >= 0.3 is 0 Å². The molecule has 11 aliphatic carbocycles. The summed E-state index contributed by atoms with van der Waals surface area (Å²) in [7, 11) is 0. The van der Waals surface area contributed by atoms with Gasteiger partial charge < -0.3 is 0 Å². The minimum atomic E-state index is 0.872. The van der Waals surface area contributed by atoms with Crippen molar-refractivity contribution in [2.24, 2.45) is 47.3 Å². The van der Waals surface area contributed by atoms with E-state index in [1.807, 2.05) is 0 Å². The number of hydrogen-bond acceptors (Lipinski definition) is 3. The lowest BCUT2D eigenvalue weighted by molar-refractivity contribution is -0.0154. The zero-order chi connectivity index (χ0) is 49.0. The van der Waals surface area contributed by atoms with Gasteiger partial charge in [0.05, 0.1) is 0 Å². The van der Waals surface area contributed by atoms with Crippen molar-refractivity contribution in [2.75, 3.05) is 0 Å². The average Bonchev–Trinajstić information content (AvgIpc) is 3.47. The van der Waals surface area contributed by atoms with E-state index < -0.39 is 0 Å². The second kappa shape index (κ2) is 28.0. The van der Waals surface area contributed by atoms with Crippen LogP contribution in [0.4, 0.5) is 0 Å². The van der Waals surface area contributed by atoms with Crippen LogP contribution in [0.3, 0.4) is 0 Å². The molecule has 11 rings (SSSR count). The van der Waals surface area contributed by atoms with Crippen LogP contribution in [-0.4, -0.2) is 69.1 Å². The van der Waals surface area contributed by atoms with Gasteiger partial charge in [-0.3, -0.25) is 14.7 Å². The van der Waals surface area contributed by atoms with Gasteiger partial charge in [-0.15, -0.1) is 0 Å². The Labute approximate surface area is 453 Å². The molecule has 0 aliphatic heterocycles. The predicted molar refractivity (Wildman–Crippen MR) is 312 cm³/mol. The molecule has 11 saturated carbocycles. The number of nitrogens with zero attached hydrogens (tertiary/aromatic N) is 3. The fourth-order valence-corrected chi connectivity index (χ4v) is 20.8. The highest BCUT2D eigenvalue weighted by atomic mass is 15.2. The van der Waals surface area contributed by atoms with Crippen molar-refractivity contribution >= 4 is 0 Å². The van der Waals surface area contributed by atoms with E-state index >= 15 is 0 Å². The lowest BCUT2D eigenvalue weighted by atomic mass is 9.69. The molecule has 73 heavy (non-hydrogen) atoms.